The van der Waals surface area contributed by atoms with Gasteiger partial charge >= 0.3 is 0 Å². The summed E-state index contributed by atoms with van der Waals surface area (Å²) in [6.07, 6.45) is 0. The number of hydrogen-bond donors (Lipinski definition) is 0. The summed E-state index contributed by atoms with van der Waals surface area (Å²) in [5.41, 5.74) is 0.595. The maximum atomic E-state index is 12.7. The van der Waals surface area contributed by atoms with Crippen LogP contribution in [0.15, 0.2) is 34.7 Å². The van der Waals surface area contributed by atoms with Crippen LogP contribution in [0.1, 0.15) is 35.7 Å². The molecule has 1 heterocycles. The third-order valence-corrected chi connectivity index (χ3v) is 4.75. The van der Waals surface area contributed by atoms with Crippen LogP contribution in [-0.2, 0) is 6.54 Å². The molecule has 0 aliphatic rings. The number of rotatable bonds is 4. The molecule has 0 aliphatic carbocycles. The second-order valence-corrected chi connectivity index (χ2v) is 6.74. The first-order valence-corrected chi connectivity index (χ1v) is 8.15. The van der Waals surface area contributed by atoms with Crippen LogP contribution >= 0.6 is 34.2 Å². The Balaban J connectivity index is 2.24. The smallest absolute Gasteiger partial charge is 0.254 e. The van der Waals surface area contributed by atoms with Crippen molar-refractivity contribution in [2.45, 2.75) is 33.4 Å². The van der Waals surface area contributed by atoms with Crippen LogP contribution in [0.2, 0.25) is 5.02 Å². The zero-order valence-corrected chi connectivity index (χ0v) is 15.1. The fourth-order valence-electron chi connectivity index (χ4n) is 2.02. The van der Waals surface area contributed by atoms with Gasteiger partial charge in [-0.2, -0.15) is 0 Å². The lowest BCUT2D eigenvalue weighted by Gasteiger charge is -2.26. The highest BCUT2D eigenvalue weighted by atomic mass is 127. The van der Waals surface area contributed by atoms with Crippen molar-refractivity contribution in [3.8, 4) is 0 Å². The summed E-state index contributed by atoms with van der Waals surface area (Å²) in [7, 11) is 0. The van der Waals surface area contributed by atoms with Crippen molar-refractivity contribution in [2.24, 2.45) is 0 Å². The van der Waals surface area contributed by atoms with Gasteiger partial charge in [0.05, 0.1) is 11.6 Å². The van der Waals surface area contributed by atoms with Gasteiger partial charge in [-0.25, -0.2) is 0 Å². The predicted octanol–water partition coefficient (Wildman–Crippen LogP) is 4.90. The summed E-state index contributed by atoms with van der Waals surface area (Å²) in [4.78, 5) is 14.5. The number of carbonyl (C=O) groups excluding carboxylic acids is 1. The number of hydrogen-bond acceptors (Lipinski definition) is 2. The van der Waals surface area contributed by atoms with E-state index < -0.39 is 0 Å². The third-order valence-electron chi connectivity index (χ3n) is 3.17. The molecule has 1 aromatic carbocycles. The zero-order valence-electron chi connectivity index (χ0n) is 12.2. The Bertz CT molecular complexity index is 651. The summed E-state index contributed by atoms with van der Waals surface area (Å²) < 4.78 is 6.51. The van der Waals surface area contributed by atoms with Crippen molar-refractivity contribution in [2.75, 3.05) is 0 Å². The summed E-state index contributed by atoms with van der Waals surface area (Å²) in [5.74, 6) is 1.59. The molecule has 1 amide bonds. The van der Waals surface area contributed by atoms with Crippen LogP contribution in [-0.4, -0.2) is 16.8 Å². The number of furan rings is 1. The molecular formula is C16H17ClINO2. The molecule has 5 heteroatoms. The van der Waals surface area contributed by atoms with Gasteiger partial charge in [0.2, 0.25) is 0 Å². The lowest BCUT2D eigenvalue weighted by Crippen LogP contribution is -2.36. The van der Waals surface area contributed by atoms with Gasteiger partial charge in [-0.1, -0.05) is 11.6 Å². The van der Waals surface area contributed by atoms with Crippen LogP contribution in [0, 0.1) is 10.5 Å². The summed E-state index contributed by atoms with van der Waals surface area (Å²) in [5, 5.41) is 0.596. The highest BCUT2D eigenvalue weighted by Gasteiger charge is 2.21. The Morgan fingerprint density at radius 2 is 2.05 bits per heavy atom. The van der Waals surface area contributed by atoms with E-state index in [9.17, 15) is 4.79 Å². The molecule has 2 aromatic rings. The van der Waals surface area contributed by atoms with Gasteiger partial charge in [0.1, 0.15) is 11.5 Å². The molecule has 1 aromatic heterocycles. The van der Waals surface area contributed by atoms with Crippen molar-refractivity contribution in [1.29, 1.82) is 0 Å². The Hall–Kier alpha value is -1.01. The van der Waals surface area contributed by atoms with E-state index in [1.807, 2.05) is 39.0 Å². The lowest BCUT2D eigenvalue weighted by atomic mass is 10.1. The molecule has 0 saturated carbocycles. The third kappa shape index (κ3) is 4.01. The average Bonchev–Trinajstić information content (AvgIpc) is 2.83. The molecule has 0 saturated heterocycles. The van der Waals surface area contributed by atoms with Crippen molar-refractivity contribution in [3.05, 3.63) is 56.0 Å². The van der Waals surface area contributed by atoms with Crippen molar-refractivity contribution in [1.82, 2.24) is 4.90 Å². The molecule has 0 fully saturated rings. The molecule has 2 rings (SSSR count). The minimum absolute atomic E-state index is 0.0441. The van der Waals surface area contributed by atoms with E-state index in [4.69, 9.17) is 16.0 Å². The predicted molar refractivity (Wildman–Crippen MR) is 92.6 cm³/mol. The molecule has 0 atom stereocenters. The minimum atomic E-state index is -0.0441. The van der Waals surface area contributed by atoms with E-state index in [1.54, 1.807) is 17.0 Å². The van der Waals surface area contributed by atoms with Crippen LogP contribution in [0.5, 0.6) is 0 Å². The number of benzene rings is 1. The van der Waals surface area contributed by atoms with Crippen molar-refractivity contribution in [3.63, 3.8) is 0 Å². The van der Waals surface area contributed by atoms with E-state index in [2.05, 4.69) is 22.6 Å². The summed E-state index contributed by atoms with van der Waals surface area (Å²) in [6, 6.07) is 9.25. The molecule has 3 nitrogen and oxygen atoms in total. The second kappa shape index (κ2) is 6.83. The van der Waals surface area contributed by atoms with E-state index in [0.29, 0.717) is 17.1 Å². The Labute approximate surface area is 143 Å². The first-order chi connectivity index (χ1) is 9.88. The van der Waals surface area contributed by atoms with Crippen molar-refractivity contribution < 1.29 is 9.21 Å². The highest BCUT2D eigenvalue weighted by molar-refractivity contribution is 14.1. The van der Waals surface area contributed by atoms with Gasteiger partial charge in [-0.3, -0.25) is 4.79 Å². The number of nitrogens with zero attached hydrogens (tertiary/aromatic N) is 1. The number of halogens is 2. The molecule has 0 aliphatic heterocycles. The van der Waals surface area contributed by atoms with Crippen molar-refractivity contribution >= 4 is 40.1 Å². The first-order valence-electron chi connectivity index (χ1n) is 6.70. The van der Waals surface area contributed by atoms with Gasteiger partial charge in [-0.05, 0) is 73.7 Å². The second-order valence-electron chi connectivity index (χ2n) is 5.17. The summed E-state index contributed by atoms with van der Waals surface area (Å²) >= 11 is 8.25. The first kappa shape index (κ1) is 16.4. The fourth-order valence-corrected chi connectivity index (χ4v) is 2.54. The molecule has 112 valence electrons. The number of amides is 1. The lowest BCUT2D eigenvalue weighted by molar-refractivity contribution is 0.0675. The molecule has 0 spiro atoms. The highest BCUT2D eigenvalue weighted by Crippen LogP contribution is 2.22. The normalized spacial score (nSPS) is 11.0. The Morgan fingerprint density at radius 1 is 1.33 bits per heavy atom. The molecule has 0 unspecified atom stereocenters. The monoisotopic (exact) mass is 417 g/mol. The van der Waals surface area contributed by atoms with Gasteiger partial charge in [0.15, 0.2) is 0 Å². The molecule has 21 heavy (non-hydrogen) atoms. The van der Waals surface area contributed by atoms with Gasteiger partial charge in [0, 0.05) is 15.2 Å². The van der Waals surface area contributed by atoms with Crippen LogP contribution in [0.25, 0.3) is 0 Å². The number of aryl methyl sites for hydroxylation is 1. The maximum Gasteiger partial charge on any atom is 0.254 e. The van der Waals surface area contributed by atoms with Crippen LogP contribution < -0.4 is 0 Å². The Morgan fingerprint density at radius 3 is 2.57 bits per heavy atom. The van der Waals surface area contributed by atoms with E-state index >= 15 is 0 Å². The van der Waals surface area contributed by atoms with E-state index in [-0.39, 0.29) is 11.9 Å². The standard InChI is InChI=1S/C16H17ClINO2/c1-10(2)19(9-13-6-4-11(3)21-13)16(20)12-5-7-15(18)14(17)8-12/h4-8,10H,9H2,1-3H3. The average molecular weight is 418 g/mol. The largest absolute Gasteiger partial charge is 0.464 e. The van der Waals surface area contributed by atoms with Gasteiger partial charge in [0.25, 0.3) is 5.91 Å². The van der Waals surface area contributed by atoms with Crippen LogP contribution in [0.3, 0.4) is 0 Å². The maximum absolute atomic E-state index is 12.7. The van der Waals surface area contributed by atoms with E-state index in [1.165, 1.54) is 0 Å². The fraction of sp³-hybridized carbons (Fsp3) is 0.312. The quantitative estimate of drug-likeness (QED) is 0.663. The number of carbonyl (C=O) groups is 1. The molecule has 0 N–H and O–H groups in total. The van der Waals surface area contributed by atoms with Gasteiger partial charge < -0.3 is 9.32 Å². The van der Waals surface area contributed by atoms with E-state index in [0.717, 1.165) is 15.1 Å². The summed E-state index contributed by atoms with van der Waals surface area (Å²) in [6.45, 7) is 6.32. The van der Waals surface area contributed by atoms with Gasteiger partial charge in [-0.15, -0.1) is 0 Å². The molecule has 0 radical (unpaired) electrons. The SMILES string of the molecule is Cc1ccc(CN(C(=O)c2ccc(I)c(Cl)c2)C(C)C)o1. The Kier molecular flexibility index (Phi) is 5.32. The molecular weight excluding hydrogens is 401 g/mol. The molecule has 0 bridgehead atoms. The van der Waals surface area contributed by atoms with Crippen LogP contribution in [0.4, 0.5) is 0 Å². The topological polar surface area (TPSA) is 33.5 Å². The minimum Gasteiger partial charge on any atom is -0.464 e. The zero-order chi connectivity index (χ0) is 15.6.